The van der Waals surface area contributed by atoms with Gasteiger partial charge in [0, 0.05) is 10.8 Å². The Kier molecular flexibility index (Phi) is 4.71. The molecule has 29 heavy (non-hydrogen) atoms. The molecule has 9 atom stereocenters. The molecular weight excluding hydrogens is 421 g/mol. The van der Waals surface area contributed by atoms with Gasteiger partial charge in [-0.05, 0) is 54.7 Å². The zero-order valence-corrected chi connectivity index (χ0v) is 18.2. The number of carbonyl (C=O) groups is 2. The van der Waals surface area contributed by atoms with E-state index in [4.69, 9.17) is 23.2 Å². The Morgan fingerprint density at radius 2 is 1.97 bits per heavy atom. The van der Waals surface area contributed by atoms with Crippen molar-refractivity contribution in [1.29, 1.82) is 0 Å². The highest BCUT2D eigenvalue weighted by atomic mass is 35.5. The lowest BCUT2D eigenvalue weighted by Crippen LogP contribution is -2.69. The van der Waals surface area contributed by atoms with Crippen LogP contribution in [-0.2, 0) is 9.59 Å². The molecule has 3 fully saturated rings. The van der Waals surface area contributed by atoms with E-state index in [1.165, 1.54) is 12.2 Å². The van der Waals surface area contributed by atoms with E-state index >= 15 is 4.39 Å². The molecule has 4 aliphatic rings. The predicted octanol–water partition coefficient (Wildman–Crippen LogP) is 4.34. The average Bonchev–Trinajstić information content (AvgIpc) is 2.86. The Balaban J connectivity index is 1.87. The monoisotopic (exact) mass is 446 g/mol. The van der Waals surface area contributed by atoms with Crippen molar-refractivity contribution in [2.45, 2.75) is 62.1 Å². The van der Waals surface area contributed by atoms with E-state index in [0.717, 1.165) is 0 Å². The first-order valence-corrected chi connectivity index (χ1v) is 10.9. The Morgan fingerprint density at radius 3 is 2.59 bits per heavy atom. The summed E-state index contributed by atoms with van der Waals surface area (Å²) in [6.45, 7) is 4.05. The van der Waals surface area contributed by atoms with Gasteiger partial charge in [-0.2, -0.15) is 0 Å². The third-order valence-corrected chi connectivity index (χ3v) is 10.3. The van der Waals surface area contributed by atoms with Gasteiger partial charge in [0.1, 0.15) is 11.8 Å². The number of rotatable bonds is 2. The highest BCUT2D eigenvalue weighted by molar-refractivity contribution is 6.34. The number of Topliss-reactive ketones (excluding diaryl/α,β-unsaturated/α-hetero) is 1. The van der Waals surface area contributed by atoms with Crippen LogP contribution in [-0.4, -0.2) is 45.4 Å². The molecule has 0 unspecified atom stereocenters. The van der Waals surface area contributed by atoms with Crippen molar-refractivity contribution in [1.82, 2.24) is 0 Å². The third-order valence-electron chi connectivity index (χ3n) is 8.71. The lowest BCUT2D eigenvalue weighted by Gasteiger charge is -2.64. The largest absolute Gasteiger partial charge is 0.381 e. The first-order valence-electron chi connectivity index (χ1n) is 10.1. The second kappa shape index (κ2) is 6.37. The maximum absolute atomic E-state index is 15.4. The van der Waals surface area contributed by atoms with Gasteiger partial charge >= 0.3 is 0 Å². The molecule has 0 radical (unpaired) electrons. The van der Waals surface area contributed by atoms with Crippen LogP contribution < -0.4 is 0 Å². The second-order valence-corrected chi connectivity index (χ2v) is 10.9. The fourth-order valence-corrected chi connectivity index (χ4v) is 8.37. The molecule has 4 aliphatic carbocycles. The lowest BCUT2D eigenvalue weighted by atomic mass is 9.46. The van der Waals surface area contributed by atoms with Crippen molar-refractivity contribution in [2.24, 2.45) is 28.6 Å². The Labute approximate surface area is 179 Å². The molecule has 0 saturated heterocycles. The number of hydrogen-bond donors (Lipinski definition) is 1. The highest BCUT2D eigenvalue weighted by Crippen LogP contribution is 2.72. The van der Waals surface area contributed by atoms with E-state index in [9.17, 15) is 19.1 Å². The number of carbonyl (C=O) groups excluding carboxylic acids is 2. The first kappa shape index (κ1) is 21.5. The van der Waals surface area contributed by atoms with Gasteiger partial charge < -0.3 is 5.11 Å². The number of ketones is 2. The summed E-state index contributed by atoms with van der Waals surface area (Å²) in [6.07, 6.45) is 3.70. The molecule has 0 aliphatic heterocycles. The maximum atomic E-state index is 15.4. The van der Waals surface area contributed by atoms with E-state index in [0.29, 0.717) is 12.0 Å². The SMILES string of the molecule is C[C@H]1C[C@H]2[C@@H]3C[C@H](F)C4=CC(=O)C=C[C@]4(C)[C@@]3(Cl)[C@@H](Cl)C[C@]2(C)[C@@]1(O)C(=O)CF. The number of allylic oxidation sites excluding steroid dienone is 4. The molecule has 3 nitrogen and oxygen atoms in total. The van der Waals surface area contributed by atoms with E-state index in [1.54, 1.807) is 19.9 Å². The summed E-state index contributed by atoms with van der Waals surface area (Å²) in [7, 11) is 0. The number of fused-ring (bicyclic) bond motifs is 5. The van der Waals surface area contributed by atoms with Crippen LogP contribution in [0.4, 0.5) is 8.78 Å². The first-order chi connectivity index (χ1) is 13.4. The molecule has 160 valence electrons. The van der Waals surface area contributed by atoms with Crippen LogP contribution in [0.2, 0.25) is 0 Å². The van der Waals surface area contributed by atoms with E-state index in [-0.39, 0.29) is 24.5 Å². The van der Waals surface area contributed by atoms with Crippen LogP contribution in [0.25, 0.3) is 0 Å². The zero-order valence-electron chi connectivity index (χ0n) is 16.7. The number of aliphatic hydroxyl groups is 1. The maximum Gasteiger partial charge on any atom is 0.196 e. The third kappa shape index (κ3) is 2.33. The summed E-state index contributed by atoms with van der Waals surface area (Å²) >= 11 is 14.2. The van der Waals surface area contributed by atoms with Gasteiger partial charge in [-0.3, -0.25) is 9.59 Å². The van der Waals surface area contributed by atoms with Gasteiger partial charge in [0.15, 0.2) is 18.2 Å². The Morgan fingerprint density at radius 1 is 1.31 bits per heavy atom. The summed E-state index contributed by atoms with van der Waals surface area (Å²) in [6, 6.07) is 0. The molecule has 7 heteroatoms. The Bertz CT molecular complexity index is 844. The van der Waals surface area contributed by atoms with Gasteiger partial charge in [-0.15, -0.1) is 23.2 Å². The summed E-state index contributed by atoms with van der Waals surface area (Å²) in [4.78, 5) is 23.3. The summed E-state index contributed by atoms with van der Waals surface area (Å²) < 4.78 is 28.8. The molecule has 0 amide bonds. The van der Waals surface area contributed by atoms with Gasteiger partial charge in [0.05, 0.1) is 10.3 Å². The molecule has 1 N–H and O–H groups in total. The molecule has 0 bridgehead atoms. The van der Waals surface area contributed by atoms with Crippen LogP contribution in [0.3, 0.4) is 0 Å². The number of hydrogen-bond acceptors (Lipinski definition) is 3. The van der Waals surface area contributed by atoms with Gasteiger partial charge in [-0.1, -0.05) is 26.8 Å². The van der Waals surface area contributed by atoms with Crippen molar-refractivity contribution in [3.8, 4) is 0 Å². The molecule has 4 rings (SSSR count). The fourth-order valence-electron chi connectivity index (χ4n) is 7.17. The topological polar surface area (TPSA) is 54.4 Å². The van der Waals surface area contributed by atoms with Crippen LogP contribution in [0.15, 0.2) is 23.8 Å². The highest BCUT2D eigenvalue weighted by Gasteiger charge is 2.75. The van der Waals surface area contributed by atoms with Gasteiger partial charge in [0.25, 0.3) is 0 Å². The van der Waals surface area contributed by atoms with Crippen LogP contribution >= 0.6 is 23.2 Å². The standard InChI is InChI=1S/C22H26Cl2F2O3/c1-11-6-13-14-8-16(26)15-7-12(27)4-5-19(15,2)21(14,24)17(23)9-20(13,3)22(11,29)18(28)10-25/h4-5,7,11,13-14,16-17,29H,6,8-10H2,1-3H3/t11-,13-,14-,16-,17-,19-,20-,21-,22-/m0/s1. The second-order valence-electron chi connectivity index (χ2n) is 9.77. The quantitative estimate of drug-likeness (QED) is 0.641. The van der Waals surface area contributed by atoms with Gasteiger partial charge in [0.2, 0.25) is 0 Å². The van der Waals surface area contributed by atoms with E-state index < -0.39 is 57.1 Å². The van der Waals surface area contributed by atoms with Crippen LogP contribution in [0.5, 0.6) is 0 Å². The molecule has 0 spiro atoms. The summed E-state index contributed by atoms with van der Waals surface area (Å²) in [5.74, 6) is -2.35. The van der Waals surface area contributed by atoms with Crippen molar-refractivity contribution in [3.05, 3.63) is 23.8 Å². The lowest BCUT2D eigenvalue weighted by molar-refractivity contribution is -0.166. The van der Waals surface area contributed by atoms with Crippen molar-refractivity contribution in [3.63, 3.8) is 0 Å². The summed E-state index contributed by atoms with van der Waals surface area (Å²) in [5.41, 5.74) is -3.49. The average molecular weight is 447 g/mol. The van der Waals surface area contributed by atoms with Crippen LogP contribution in [0, 0.1) is 28.6 Å². The van der Waals surface area contributed by atoms with Crippen molar-refractivity contribution >= 4 is 34.8 Å². The zero-order chi connectivity index (χ0) is 21.6. The molecule has 3 saturated carbocycles. The predicted molar refractivity (Wildman–Crippen MR) is 107 cm³/mol. The minimum Gasteiger partial charge on any atom is -0.381 e. The molecule has 0 aromatic carbocycles. The number of halogens is 4. The molecule has 0 aromatic heterocycles. The number of alkyl halides is 4. The Hall–Kier alpha value is -0.780. The fraction of sp³-hybridized carbons (Fsp3) is 0.727. The molecule has 0 heterocycles. The van der Waals surface area contributed by atoms with Gasteiger partial charge in [-0.25, -0.2) is 8.78 Å². The normalized spacial score (nSPS) is 53.7. The molecule has 0 aromatic rings. The molecular formula is C22H26Cl2F2O3. The van der Waals surface area contributed by atoms with E-state index in [2.05, 4.69) is 0 Å². The van der Waals surface area contributed by atoms with Crippen molar-refractivity contribution < 1.29 is 23.5 Å². The van der Waals surface area contributed by atoms with Crippen molar-refractivity contribution in [2.75, 3.05) is 6.67 Å². The smallest absolute Gasteiger partial charge is 0.196 e. The minimum atomic E-state index is -1.86. The minimum absolute atomic E-state index is 0.0577. The van der Waals surface area contributed by atoms with Crippen LogP contribution in [0.1, 0.15) is 40.0 Å². The van der Waals surface area contributed by atoms with E-state index in [1.807, 2.05) is 6.92 Å². The summed E-state index contributed by atoms with van der Waals surface area (Å²) in [5, 5.41) is 10.7.